The summed E-state index contributed by atoms with van der Waals surface area (Å²) in [5.41, 5.74) is 3.18. The van der Waals surface area contributed by atoms with Crippen LogP contribution in [0, 0.1) is 5.82 Å². The van der Waals surface area contributed by atoms with Gasteiger partial charge in [0, 0.05) is 22.1 Å². The normalized spacial score (nSPS) is 11.6. The Hall–Kier alpha value is -3.52. The molecule has 0 saturated carbocycles. The number of hydrogen-bond acceptors (Lipinski definition) is 5. The van der Waals surface area contributed by atoms with E-state index < -0.39 is 17.0 Å². The maximum absolute atomic E-state index is 14.6. The van der Waals surface area contributed by atoms with Crippen LogP contribution in [0.2, 0.25) is 0 Å². The third-order valence-electron chi connectivity index (χ3n) is 6.07. The number of halogens is 2. The Bertz CT molecular complexity index is 1470. The quantitative estimate of drug-likeness (QED) is 0.239. The number of carbonyl (C=O) groups excluding carboxylic acids is 3. The summed E-state index contributed by atoms with van der Waals surface area (Å²) < 4.78 is 26.1. The van der Waals surface area contributed by atoms with E-state index in [2.05, 4.69) is 21.2 Å². The Morgan fingerprint density at radius 1 is 0.810 bits per heavy atom. The van der Waals surface area contributed by atoms with Gasteiger partial charge in [-0.05, 0) is 119 Å². The maximum Gasteiger partial charge on any atom is 0.310 e. The second-order valence-corrected chi connectivity index (χ2v) is 13.1. The van der Waals surface area contributed by atoms with Crippen LogP contribution in [0.1, 0.15) is 81.9 Å². The molecule has 0 heterocycles. The highest BCUT2D eigenvalue weighted by Crippen LogP contribution is 2.29. The summed E-state index contributed by atoms with van der Waals surface area (Å²) in [5, 5.41) is 2.93. The highest BCUT2D eigenvalue weighted by Gasteiger charge is 2.20. The zero-order valence-electron chi connectivity index (χ0n) is 25.3. The Morgan fingerprint density at radius 3 is 2.10 bits per heavy atom. The molecule has 3 rings (SSSR count). The molecule has 0 unspecified atom stereocenters. The number of hydrogen-bond donors (Lipinski definition) is 1. The second kappa shape index (κ2) is 13.6. The van der Waals surface area contributed by atoms with Crippen molar-refractivity contribution in [2.24, 2.45) is 0 Å². The van der Waals surface area contributed by atoms with Gasteiger partial charge in [-0.25, -0.2) is 4.39 Å². The van der Waals surface area contributed by atoms with Crippen molar-refractivity contribution in [2.75, 3.05) is 5.32 Å². The van der Waals surface area contributed by atoms with E-state index in [1.807, 2.05) is 39.8 Å². The van der Waals surface area contributed by atoms with E-state index in [1.54, 1.807) is 51.1 Å². The molecule has 8 heteroatoms. The lowest BCUT2D eigenvalue weighted by atomic mass is 9.98. The molecule has 224 valence electrons. The average Bonchev–Trinajstić information content (AvgIpc) is 2.85. The van der Waals surface area contributed by atoms with Gasteiger partial charge < -0.3 is 14.8 Å². The van der Waals surface area contributed by atoms with E-state index in [4.69, 9.17) is 9.47 Å². The molecule has 3 aromatic rings. The minimum Gasteiger partial charge on any atom is -0.460 e. The van der Waals surface area contributed by atoms with Crippen molar-refractivity contribution in [1.82, 2.24) is 0 Å². The summed E-state index contributed by atoms with van der Waals surface area (Å²) in [5.74, 6) is -1.56. The van der Waals surface area contributed by atoms with Gasteiger partial charge in [-0.3, -0.25) is 14.4 Å². The van der Waals surface area contributed by atoms with Crippen LogP contribution in [0.15, 0.2) is 59.1 Å². The number of aryl methyl sites for hydroxylation is 2. The van der Waals surface area contributed by atoms with Crippen molar-refractivity contribution in [3.05, 3.63) is 87.1 Å². The monoisotopic (exact) mass is 639 g/mol. The van der Waals surface area contributed by atoms with Crippen molar-refractivity contribution in [3.8, 4) is 11.1 Å². The average molecular weight is 641 g/mol. The lowest BCUT2D eigenvalue weighted by Crippen LogP contribution is -2.25. The van der Waals surface area contributed by atoms with Gasteiger partial charge in [0.15, 0.2) is 0 Å². The predicted molar refractivity (Wildman–Crippen MR) is 167 cm³/mol. The smallest absolute Gasteiger partial charge is 0.310 e. The van der Waals surface area contributed by atoms with Crippen molar-refractivity contribution in [2.45, 2.75) is 85.4 Å². The van der Waals surface area contributed by atoms with Gasteiger partial charge in [-0.1, -0.05) is 41.1 Å². The van der Waals surface area contributed by atoms with Crippen LogP contribution in [-0.4, -0.2) is 29.0 Å². The number of esters is 2. The van der Waals surface area contributed by atoms with Crippen LogP contribution in [-0.2, 0) is 38.3 Å². The molecule has 0 spiro atoms. The summed E-state index contributed by atoms with van der Waals surface area (Å²) in [7, 11) is 0. The molecule has 0 aliphatic heterocycles. The van der Waals surface area contributed by atoms with E-state index in [0.29, 0.717) is 44.4 Å². The van der Waals surface area contributed by atoms with Gasteiger partial charge in [0.25, 0.3) is 5.91 Å². The molecule has 1 amide bonds. The number of ether oxygens (including phenoxy) is 2. The summed E-state index contributed by atoms with van der Waals surface area (Å²) in [6.07, 6.45) is 1.22. The van der Waals surface area contributed by atoms with Crippen molar-refractivity contribution in [3.63, 3.8) is 0 Å². The van der Waals surface area contributed by atoms with Crippen molar-refractivity contribution in [1.29, 1.82) is 0 Å². The van der Waals surface area contributed by atoms with Gasteiger partial charge in [-0.2, -0.15) is 0 Å². The molecular weight excluding hydrogens is 601 g/mol. The van der Waals surface area contributed by atoms with Gasteiger partial charge in [-0.15, -0.1) is 0 Å². The number of nitrogens with one attached hydrogen (secondary N) is 1. The van der Waals surface area contributed by atoms with Gasteiger partial charge in [0.05, 0.1) is 6.42 Å². The van der Waals surface area contributed by atoms with Crippen LogP contribution in [0.3, 0.4) is 0 Å². The van der Waals surface area contributed by atoms with E-state index in [9.17, 15) is 18.8 Å². The molecule has 0 aliphatic carbocycles. The zero-order chi connectivity index (χ0) is 31.2. The minimum absolute atomic E-state index is 0.0137. The molecule has 6 nitrogen and oxygen atoms in total. The second-order valence-electron chi connectivity index (χ2n) is 12.2. The molecule has 0 atom stereocenters. The van der Waals surface area contributed by atoms with Crippen molar-refractivity contribution >= 4 is 39.5 Å². The first-order chi connectivity index (χ1) is 19.5. The molecular formula is C34H39BrFNO5. The highest BCUT2D eigenvalue weighted by atomic mass is 79.9. The standard InChI is InChI=1S/C34H39BrFNO5/c1-8-21-9-11-29(25(13-21)20-31(39)42-34(5,6)7)37-32(40)26-16-24(17-27(35)18-26)23-14-22(15-28(36)19-23)10-12-30(38)41-33(2,3)4/h9,11,13-19H,8,10,12,20H2,1-7H3,(H,37,40). The fourth-order valence-electron chi connectivity index (χ4n) is 4.35. The third-order valence-corrected chi connectivity index (χ3v) is 6.53. The van der Waals surface area contributed by atoms with Crippen LogP contribution in [0.4, 0.5) is 10.1 Å². The number of amides is 1. The Labute approximate surface area is 256 Å². The number of benzene rings is 3. The van der Waals surface area contributed by atoms with E-state index in [-0.39, 0.29) is 30.7 Å². The SMILES string of the molecule is CCc1ccc(NC(=O)c2cc(Br)cc(-c3cc(F)cc(CCC(=O)OC(C)(C)C)c3)c2)c(CC(=O)OC(C)(C)C)c1. The largest absolute Gasteiger partial charge is 0.460 e. The van der Waals surface area contributed by atoms with Crippen molar-refractivity contribution < 1.29 is 28.2 Å². The first-order valence-corrected chi connectivity index (χ1v) is 14.8. The number of rotatable bonds is 9. The van der Waals surface area contributed by atoms with Crippen LogP contribution >= 0.6 is 15.9 Å². The molecule has 1 N–H and O–H groups in total. The highest BCUT2D eigenvalue weighted by molar-refractivity contribution is 9.10. The summed E-state index contributed by atoms with van der Waals surface area (Å²) in [4.78, 5) is 38.2. The van der Waals surface area contributed by atoms with Gasteiger partial charge in [0.1, 0.15) is 17.0 Å². The third kappa shape index (κ3) is 10.4. The first kappa shape index (κ1) is 33.0. The van der Waals surface area contributed by atoms with E-state index in [1.165, 1.54) is 12.1 Å². The summed E-state index contributed by atoms with van der Waals surface area (Å²) in [6.45, 7) is 12.8. The van der Waals surface area contributed by atoms with Gasteiger partial charge >= 0.3 is 11.9 Å². The maximum atomic E-state index is 14.6. The lowest BCUT2D eigenvalue weighted by molar-refractivity contribution is -0.155. The fraction of sp³-hybridized carbons (Fsp3) is 0.382. The molecule has 0 aliphatic rings. The van der Waals surface area contributed by atoms with E-state index >= 15 is 0 Å². The fourth-order valence-corrected chi connectivity index (χ4v) is 4.84. The predicted octanol–water partition coefficient (Wildman–Crippen LogP) is 8.23. The topological polar surface area (TPSA) is 81.7 Å². The lowest BCUT2D eigenvalue weighted by Gasteiger charge is -2.20. The molecule has 0 radical (unpaired) electrons. The number of carbonyl (C=O) groups is 3. The van der Waals surface area contributed by atoms with Crippen LogP contribution < -0.4 is 5.32 Å². The number of anilines is 1. The van der Waals surface area contributed by atoms with E-state index in [0.717, 1.165) is 12.0 Å². The van der Waals surface area contributed by atoms with Crippen LogP contribution in [0.25, 0.3) is 11.1 Å². The molecule has 0 bridgehead atoms. The minimum atomic E-state index is -0.623. The summed E-state index contributed by atoms with van der Waals surface area (Å²) in [6, 6.07) is 15.3. The zero-order valence-corrected chi connectivity index (χ0v) is 26.9. The Morgan fingerprint density at radius 2 is 1.45 bits per heavy atom. The first-order valence-electron chi connectivity index (χ1n) is 14.0. The molecule has 42 heavy (non-hydrogen) atoms. The van der Waals surface area contributed by atoms with Crippen LogP contribution in [0.5, 0.6) is 0 Å². The Balaban J connectivity index is 1.85. The molecule has 0 fully saturated rings. The molecule has 0 saturated heterocycles. The Kier molecular flexibility index (Phi) is 10.7. The molecule has 3 aromatic carbocycles. The van der Waals surface area contributed by atoms with Gasteiger partial charge in [0.2, 0.25) is 0 Å². The molecule has 0 aromatic heterocycles. The summed E-state index contributed by atoms with van der Waals surface area (Å²) >= 11 is 3.48.